The van der Waals surface area contributed by atoms with Gasteiger partial charge in [-0.05, 0) is 36.9 Å². The number of para-hydroxylation sites is 1. The summed E-state index contributed by atoms with van der Waals surface area (Å²) in [4.78, 5) is 17.5. The maximum atomic E-state index is 12.4. The number of aromatic nitrogens is 1. The molecule has 25 heavy (non-hydrogen) atoms. The second-order valence-corrected chi connectivity index (χ2v) is 7.15. The Labute approximate surface area is 147 Å². The van der Waals surface area contributed by atoms with E-state index in [4.69, 9.17) is 0 Å². The lowest BCUT2D eigenvalue weighted by molar-refractivity contribution is 0.0305. The van der Waals surface area contributed by atoms with Crippen molar-refractivity contribution in [2.45, 2.75) is 32.5 Å². The quantitative estimate of drug-likeness (QED) is 0.726. The predicted octanol–water partition coefficient (Wildman–Crippen LogP) is 3.30. The molecule has 0 bridgehead atoms. The molecule has 0 aliphatic rings. The van der Waals surface area contributed by atoms with Crippen LogP contribution in [0.2, 0.25) is 0 Å². The number of aliphatic hydroxyl groups is 1. The average molecular weight is 336 g/mol. The van der Waals surface area contributed by atoms with Crippen LogP contribution in [-0.2, 0) is 13.1 Å². The molecule has 2 N–H and O–H groups in total. The van der Waals surface area contributed by atoms with E-state index in [2.05, 4.69) is 22.0 Å². The summed E-state index contributed by atoms with van der Waals surface area (Å²) in [5.41, 5.74) is 1.79. The summed E-state index contributed by atoms with van der Waals surface area (Å²) < 4.78 is 0. The summed E-state index contributed by atoms with van der Waals surface area (Å²) in [5, 5.41) is 11.3. The standard InChI is InChI=1S/C21H24N2O2/c1-21(2,25)15-23(13-16-8-4-3-5-9-16)14-18-12-17-10-6-7-11-19(17)22-20(18)24/h3-12,25H,13-15H2,1-2H3,(H,22,24). The van der Waals surface area contributed by atoms with Gasteiger partial charge in [0.05, 0.1) is 5.60 Å². The van der Waals surface area contributed by atoms with E-state index in [1.807, 2.05) is 48.5 Å². The van der Waals surface area contributed by atoms with Crippen LogP contribution in [0.4, 0.5) is 0 Å². The minimum atomic E-state index is -0.835. The van der Waals surface area contributed by atoms with E-state index >= 15 is 0 Å². The molecule has 1 aromatic heterocycles. The number of nitrogens with one attached hydrogen (secondary N) is 1. The minimum absolute atomic E-state index is 0.0764. The molecule has 0 aliphatic heterocycles. The number of benzene rings is 2. The molecule has 0 saturated heterocycles. The molecule has 0 spiro atoms. The van der Waals surface area contributed by atoms with E-state index in [1.54, 1.807) is 13.8 Å². The molecule has 4 nitrogen and oxygen atoms in total. The van der Waals surface area contributed by atoms with E-state index in [0.717, 1.165) is 16.5 Å². The number of pyridine rings is 1. The lowest BCUT2D eigenvalue weighted by atomic mass is 10.1. The third-order valence-corrected chi connectivity index (χ3v) is 4.08. The fraction of sp³-hybridized carbons (Fsp3) is 0.286. The Balaban J connectivity index is 1.89. The highest BCUT2D eigenvalue weighted by Crippen LogP contribution is 2.15. The SMILES string of the molecule is CC(C)(O)CN(Cc1ccccc1)Cc1cc2ccccc2[nH]c1=O. The van der Waals surface area contributed by atoms with E-state index in [0.29, 0.717) is 25.2 Å². The van der Waals surface area contributed by atoms with Gasteiger partial charge in [-0.1, -0.05) is 48.5 Å². The molecular weight excluding hydrogens is 312 g/mol. The summed E-state index contributed by atoms with van der Waals surface area (Å²) >= 11 is 0. The Hall–Kier alpha value is -2.43. The molecule has 0 saturated carbocycles. The van der Waals surface area contributed by atoms with E-state index in [1.165, 1.54) is 0 Å². The van der Waals surface area contributed by atoms with Crippen LogP contribution in [0.5, 0.6) is 0 Å². The van der Waals surface area contributed by atoms with E-state index < -0.39 is 5.60 Å². The van der Waals surface area contributed by atoms with Crippen molar-refractivity contribution < 1.29 is 5.11 Å². The Morgan fingerprint density at radius 1 is 1.00 bits per heavy atom. The molecule has 0 radical (unpaired) electrons. The van der Waals surface area contributed by atoms with Gasteiger partial charge in [0, 0.05) is 30.7 Å². The average Bonchev–Trinajstić information content (AvgIpc) is 2.55. The molecule has 0 unspecified atom stereocenters. The highest BCUT2D eigenvalue weighted by atomic mass is 16.3. The van der Waals surface area contributed by atoms with Crippen molar-refractivity contribution in [3.63, 3.8) is 0 Å². The minimum Gasteiger partial charge on any atom is -0.389 e. The van der Waals surface area contributed by atoms with Crippen molar-refractivity contribution in [2.75, 3.05) is 6.54 Å². The monoisotopic (exact) mass is 336 g/mol. The van der Waals surface area contributed by atoms with E-state index in [9.17, 15) is 9.90 Å². The number of rotatable bonds is 6. The highest BCUT2D eigenvalue weighted by Gasteiger charge is 2.20. The van der Waals surface area contributed by atoms with Gasteiger partial charge < -0.3 is 10.1 Å². The number of fused-ring (bicyclic) bond motifs is 1. The number of hydrogen-bond donors (Lipinski definition) is 2. The first-order valence-corrected chi connectivity index (χ1v) is 8.50. The van der Waals surface area contributed by atoms with Crippen LogP contribution in [-0.4, -0.2) is 27.1 Å². The topological polar surface area (TPSA) is 56.3 Å². The molecule has 3 aromatic rings. The van der Waals surface area contributed by atoms with Gasteiger partial charge in [0.15, 0.2) is 0 Å². The third-order valence-electron chi connectivity index (χ3n) is 4.08. The maximum Gasteiger partial charge on any atom is 0.252 e. The van der Waals surface area contributed by atoms with Gasteiger partial charge in [-0.25, -0.2) is 0 Å². The third kappa shape index (κ3) is 4.78. The zero-order valence-electron chi connectivity index (χ0n) is 14.7. The number of H-pyrrole nitrogens is 1. The lowest BCUT2D eigenvalue weighted by Gasteiger charge is -2.29. The Morgan fingerprint density at radius 3 is 2.40 bits per heavy atom. The first-order chi connectivity index (χ1) is 11.9. The summed E-state index contributed by atoms with van der Waals surface area (Å²) in [5.74, 6) is 0. The van der Waals surface area contributed by atoms with Crippen molar-refractivity contribution >= 4 is 10.9 Å². The van der Waals surface area contributed by atoms with Crippen LogP contribution in [0.3, 0.4) is 0 Å². The van der Waals surface area contributed by atoms with Gasteiger partial charge in [-0.15, -0.1) is 0 Å². The van der Waals surface area contributed by atoms with Crippen molar-refractivity contribution in [1.82, 2.24) is 9.88 Å². The van der Waals surface area contributed by atoms with Crippen LogP contribution < -0.4 is 5.56 Å². The summed E-state index contributed by atoms with van der Waals surface area (Å²) in [6.07, 6.45) is 0. The smallest absolute Gasteiger partial charge is 0.252 e. The molecule has 0 aliphatic carbocycles. The maximum absolute atomic E-state index is 12.4. The summed E-state index contributed by atoms with van der Waals surface area (Å²) in [6.45, 7) is 5.22. The van der Waals surface area contributed by atoms with Gasteiger partial charge in [0.25, 0.3) is 5.56 Å². The highest BCUT2D eigenvalue weighted by molar-refractivity contribution is 5.78. The molecule has 0 fully saturated rings. The van der Waals surface area contributed by atoms with Crippen molar-refractivity contribution in [2.24, 2.45) is 0 Å². The predicted molar refractivity (Wildman–Crippen MR) is 101 cm³/mol. The van der Waals surface area contributed by atoms with Gasteiger partial charge in [0.2, 0.25) is 0 Å². The van der Waals surface area contributed by atoms with Crippen LogP contribution in [0, 0.1) is 0 Å². The summed E-state index contributed by atoms with van der Waals surface area (Å²) in [7, 11) is 0. The van der Waals surface area contributed by atoms with Crippen LogP contribution in [0.25, 0.3) is 10.9 Å². The molecule has 1 heterocycles. The fourth-order valence-corrected chi connectivity index (χ4v) is 3.11. The molecule has 2 aromatic carbocycles. The Morgan fingerprint density at radius 2 is 1.68 bits per heavy atom. The molecular formula is C21H24N2O2. The lowest BCUT2D eigenvalue weighted by Crippen LogP contribution is -2.38. The zero-order chi connectivity index (χ0) is 17.9. The normalized spacial score (nSPS) is 12.0. The Bertz CT molecular complexity index is 895. The first-order valence-electron chi connectivity index (χ1n) is 8.50. The molecule has 3 rings (SSSR count). The van der Waals surface area contributed by atoms with Crippen molar-refractivity contribution in [3.05, 3.63) is 82.1 Å². The van der Waals surface area contributed by atoms with Crippen LogP contribution >= 0.6 is 0 Å². The number of hydrogen-bond acceptors (Lipinski definition) is 3. The van der Waals surface area contributed by atoms with Crippen molar-refractivity contribution in [3.8, 4) is 0 Å². The zero-order valence-corrected chi connectivity index (χ0v) is 14.7. The number of aromatic amines is 1. The van der Waals surface area contributed by atoms with Crippen molar-refractivity contribution in [1.29, 1.82) is 0 Å². The first kappa shape index (κ1) is 17.4. The van der Waals surface area contributed by atoms with Crippen LogP contribution in [0.15, 0.2) is 65.5 Å². The van der Waals surface area contributed by atoms with E-state index in [-0.39, 0.29) is 5.56 Å². The second-order valence-electron chi connectivity index (χ2n) is 7.15. The summed E-state index contributed by atoms with van der Waals surface area (Å²) in [6, 6.07) is 19.8. The van der Waals surface area contributed by atoms with Gasteiger partial charge in [-0.2, -0.15) is 0 Å². The molecule has 0 amide bonds. The van der Waals surface area contributed by atoms with Gasteiger partial charge >= 0.3 is 0 Å². The Kier molecular flexibility index (Phi) is 5.02. The van der Waals surface area contributed by atoms with Gasteiger partial charge in [-0.3, -0.25) is 9.69 Å². The second kappa shape index (κ2) is 7.21. The molecule has 0 atom stereocenters. The van der Waals surface area contributed by atoms with Crippen LogP contribution in [0.1, 0.15) is 25.0 Å². The van der Waals surface area contributed by atoms with Gasteiger partial charge in [0.1, 0.15) is 0 Å². The fourth-order valence-electron chi connectivity index (χ4n) is 3.11. The molecule has 4 heteroatoms. The number of nitrogens with zero attached hydrogens (tertiary/aromatic N) is 1. The largest absolute Gasteiger partial charge is 0.389 e. The molecule has 130 valence electrons.